The molecule has 4 amide bonds. The summed E-state index contributed by atoms with van der Waals surface area (Å²) in [6.45, 7) is 4.02. The molecule has 0 aliphatic rings. The van der Waals surface area contributed by atoms with Crippen molar-refractivity contribution in [3.8, 4) is 0 Å². The van der Waals surface area contributed by atoms with Gasteiger partial charge in [0.15, 0.2) is 0 Å². The molecule has 1 heterocycles. The summed E-state index contributed by atoms with van der Waals surface area (Å²) >= 11 is 1.20. The first-order valence-corrected chi connectivity index (χ1v) is 10.6. The molecule has 160 valence electrons. The maximum atomic E-state index is 12.4. The summed E-state index contributed by atoms with van der Waals surface area (Å²) in [6.07, 6.45) is 0. The minimum absolute atomic E-state index is 0.0411. The van der Waals surface area contributed by atoms with Gasteiger partial charge in [-0.25, -0.2) is 4.79 Å². The SMILES string of the molecule is CC(C)C(=O)Nc1ccc(CNC(=O)c2ccc(NC(=O)Nc3ccccc3)s2)cc1. The molecular formula is C23H24N4O3S. The summed E-state index contributed by atoms with van der Waals surface area (Å²) in [5.41, 5.74) is 2.31. The lowest BCUT2D eigenvalue weighted by Crippen LogP contribution is -2.22. The van der Waals surface area contributed by atoms with Gasteiger partial charge in [0.1, 0.15) is 0 Å². The van der Waals surface area contributed by atoms with Crippen LogP contribution in [0.1, 0.15) is 29.1 Å². The van der Waals surface area contributed by atoms with Gasteiger partial charge in [-0.05, 0) is 42.0 Å². The molecule has 0 saturated heterocycles. The second kappa shape index (κ2) is 10.4. The van der Waals surface area contributed by atoms with Crippen molar-refractivity contribution in [3.63, 3.8) is 0 Å². The van der Waals surface area contributed by atoms with Crippen LogP contribution >= 0.6 is 11.3 Å². The van der Waals surface area contributed by atoms with Gasteiger partial charge in [0.05, 0.1) is 9.88 Å². The molecule has 0 aliphatic carbocycles. The Morgan fingerprint density at radius 2 is 1.48 bits per heavy atom. The van der Waals surface area contributed by atoms with E-state index in [1.54, 1.807) is 36.4 Å². The summed E-state index contributed by atoms with van der Waals surface area (Å²) < 4.78 is 0. The second-order valence-corrected chi connectivity index (χ2v) is 8.22. The lowest BCUT2D eigenvalue weighted by Gasteiger charge is -2.09. The number of benzene rings is 2. The molecule has 3 aromatic rings. The van der Waals surface area contributed by atoms with Crippen molar-refractivity contribution in [2.24, 2.45) is 5.92 Å². The van der Waals surface area contributed by atoms with E-state index in [4.69, 9.17) is 0 Å². The van der Waals surface area contributed by atoms with Gasteiger partial charge in [0.2, 0.25) is 5.91 Å². The summed E-state index contributed by atoms with van der Waals surface area (Å²) in [5.74, 6) is -0.354. The van der Waals surface area contributed by atoms with Crippen LogP contribution in [0.25, 0.3) is 0 Å². The Morgan fingerprint density at radius 1 is 0.806 bits per heavy atom. The van der Waals surface area contributed by atoms with Crippen LogP contribution in [-0.2, 0) is 11.3 Å². The third kappa shape index (κ3) is 6.68. The average Bonchev–Trinajstić information content (AvgIpc) is 3.22. The third-order valence-electron chi connectivity index (χ3n) is 4.30. The Hall–Kier alpha value is -3.65. The van der Waals surface area contributed by atoms with E-state index in [1.807, 2.05) is 44.2 Å². The fourth-order valence-corrected chi connectivity index (χ4v) is 3.40. The fourth-order valence-electron chi connectivity index (χ4n) is 2.58. The summed E-state index contributed by atoms with van der Waals surface area (Å²) in [7, 11) is 0. The molecule has 0 spiro atoms. The van der Waals surface area contributed by atoms with Crippen molar-refractivity contribution in [2.75, 3.05) is 16.0 Å². The Balaban J connectivity index is 1.48. The number of hydrogen-bond acceptors (Lipinski definition) is 4. The zero-order valence-electron chi connectivity index (χ0n) is 17.3. The standard InChI is InChI=1S/C23H24N4O3S/c1-15(2)21(28)25-18-10-8-16(9-11-18)14-24-22(29)19-12-13-20(31-19)27-23(30)26-17-6-4-3-5-7-17/h3-13,15H,14H2,1-2H3,(H,24,29)(H,25,28)(H2,26,27,30). The van der Waals surface area contributed by atoms with Crippen molar-refractivity contribution in [1.29, 1.82) is 0 Å². The Labute approximate surface area is 184 Å². The molecule has 0 unspecified atom stereocenters. The van der Waals surface area contributed by atoms with Crippen molar-refractivity contribution >= 4 is 45.6 Å². The van der Waals surface area contributed by atoms with Crippen LogP contribution in [-0.4, -0.2) is 17.8 Å². The third-order valence-corrected chi connectivity index (χ3v) is 5.30. The zero-order valence-corrected chi connectivity index (χ0v) is 18.1. The summed E-state index contributed by atoms with van der Waals surface area (Å²) in [6, 6.07) is 19.4. The Kier molecular flexibility index (Phi) is 7.40. The second-order valence-electron chi connectivity index (χ2n) is 7.13. The van der Waals surface area contributed by atoms with Crippen LogP contribution in [0, 0.1) is 5.92 Å². The van der Waals surface area contributed by atoms with E-state index >= 15 is 0 Å². The van der Waals surface area contributed by atoms with E-state index < -0.39 is 0 Å². The van der Waals surface area contributed by atoms with Crippen molar-refractivity contribution in [3.05, 3.63) is 77.2 Å². The van der Waals surface area contributed by atoms with Crippen molar-refractivity contribution in [1.82, 2.24) is 5.32 Å². The molecule has 0 fully saturated rings. The Bertz CT molecular complexity index is 1050. The smallest absolute Gasteiger partial charge is 0.324 e. The van der Waals surface area contributed by atoms with E-state index in [-0.39, 0.29) is 23.8 Å². The van der Waals surface area contributed by atoms with Gasteiger partial charge in [0, 0.05) is 23.8 Å². The highest BCUT2D eigenvalue weighted by Gasteiger charge is 2.11. The molecule has 31 heavy (non-hydrogen) atoms. The van der Waals surface area contributed by atoms with Gasteiger partial charge in [-0.1, -0.05) is 44.2 Å². The molecule has 3 rings (SSSR count). The number of carbonyl (C=O) groups excluding carboxylic acids is 3. The largest absolute Gasteiger partial charge is 0.347 e. The van der Waals surface area contributed by atoms with Gasteiger partial charge in [-0.2, -0.15) is 0 Å². The van der Waals surface area contributed by atoms with Crippen molar-refractivity contribution < 1.29 is 14.4 Å². The van der Waals surface area contributed by atoms with Gasteiger partial charge >= 0.3 is 6.03 Å². The normalized spacial score (nSPS) is 10.4. The molecule has 0 atom stereocenters. The van der Waals surface area contributed by atoms with Gasteiger partial charge in [0.25, 0.3) is 5.91 Å². The topological polar surface area (TPSA) is 99.3 Å². The molecule has 1 aromatic heterocycles. The zero-order chi connectivity index (χ0) is 22.2. The van der Waals surface area contributed by atoms with E-state index in [9.17, 15) is 14.4 Å². The van der Waals surface area contributed by atoms with Crippen molar-refractivity contribution in [2.45, 2.75) is 20.4 Å². The van der Waals surface area contributed by atoms with Crippen LogP contribution in [0.15, 0.2) is 66.7 Å². The maximum absolute atomic E-state index is 12.4. The van der Waals surface area contributed by atoms with Crippen LogP contribution < -0.4 is 21.3 Å². The monoisotopic (exact) mass is 436 g/mol. The molecule has 0 saturated carbocycles. The predicted octanol–water partition coefficient (Wildman–Crippen LogP) is 4.92. The number of nitrogens with one attached hydrogen (secondary N) is 4. The lowest BCUT2D eigenvalue weighted by molar-refractivity contribution is -0.118. The minimum Gasteiger partial charge on any atom is -0.347 e. The number of thiophene rings is 1. The predicted molar refractivity (Wildman–Crippen MR) is 124 cm³/mol. The van der Waals surface area contributed by atoms with Crippen LogP contribution in [0.4, 0.5) is 21.2 Å². The number of amides is 4. The number of rotatable bonds is 7. The number of anilines is 3. The number of para-hydroxylation sites is 1. The minimum atomic E-state index is -0.371. The Morgan fingerprint density at radius 3 is 2.16 bits per heavy atom. The first-order valence-electron chi connectivity index (χ1n) is 9.81. The highest BCUT2D eigenvalue weighted by atomic mass is 32.1. The van der Waals surface area contributed by atoms with Crippen LogP contribution in [0.2, 0.25) is 0 Å². The molecule has 0 bridgehead atoms. The van der Waals surface area contributed by atoms with Crippen LogP contribution in [0.3, 0.4) is 0 Å². The molecule has 0 aliphatic heterocycles. The van der Waals surface area contributed by atoms with E-state index in [0.717, 1.165) is 11.3 Å². The van der Waals surface area contributed by atoms with E-state index in [1.165, 1.54) is 11.3 Å². The maximum Gasteiger partial charge on any atom is 0.324 e. The number of carbonyl (C=O) groups is 3. The fraction of sp³-hybridized carbons (Fsp3) is 0.174. The van der Waals surface area contributed by atoms with Gasteiger partial charge in [-0.3, -0.25) is 14.9 Å². The first kappa shape index (κ1) is 22.0. The van der Waals surface area contributed by atoms with Crippen LogP contribution in [0.5, 0.6) is 0 Å². The highest BCUT2D eigenvalue weighted by molar-refractivity contribution is 7.18. The lowest BCUT2D eigenvalue weighted by atomic mass is 10.1. The first-order chi connectivity index (χ1) is 14.9. The van der Waals surface area contributed by atoms with E-state index in [0.29, 0.717) is 22.1 Å². The molecule has 7 nitrogen and oxygen atoms in total. The molecule has 0 radical (unpaired) electrons. The van der Waals surface area contributed by atoms with Gasteiger partial charge in [-0.15, -0.1) is 11.3 Å². The average molecular weight is 437 g/mol. The summed E-state index contributed by atoms with van der Waals surface area (Å²) in [4.78, 5) is 36.7. The van der Waals surface area contributed by atoms with E-state index in [2.05, 4.69) is 21.3 Å². The molecule has 8 heteroatoms. The molecular weight excluding hydrogens is 412 g/mol. The quantitative estimate of drug-likeness (QED) is 0.423. The molecule has 4 N–H and O–H groups in total. The van der Waals surface area contributed by atoms with Gasteiger partial charge < -0.3 is 16.0 Å². The number of urea groups is 1. The summed E-state index contributed by atoms with van der Waals surface area (Å²) in [5, 5.41) is 11.7. The highest BCUT2D eigenvalue weighted by Crippen LogP contribution is 2.22. The molecule has 2 aromatic carbocycles. The number of hydrogen-bond donors (Lipinski definition) is 4.